The lowest BCUT2D eigenvalue weighted by Gasteiger charge is -2.26. The van der Waals surface area contributed by atoms with E-state index >= 15 is 0 Å². The van der Waals surface area contributed by atoms with Crippen LogP contribution in [0.1, 0.15) is 17.5 Å². The monoisotopic (exact) mass is 372 g/mol. The molecule has 8 heteroatoms. The molecule has 27 heavy (non-hydrogen) atoms. The zero-order valence-corrected chi connectivity index (χ0v) is 14.7. The Labute approximate surface area is 156 Å². The van der Waals surface area contributed by atoms with Crippen molar-refractivity contribution in [3.05, 3.63) is 53.6 Å². The van der Waals surface area contributed by atoms with E-state index < -0.39 is 18.1 Å². The van der Waals surface area contributed by atoms with Crippen molar-refractivity contribution >= 4 is 17.7 Å². The van der Waals surface area contributed by atoms with E-state index in [1.165, 1.54) is 0 Å². The van der Waals surface area contributed by atoms with Crippen molar-refractivity contribution in [1.29, 1.82) is 0 Å². The summed E-state index contributed by atoms with van der Waals surface area (Å²) in [6.07, 6.45) is -0.470. The highest BCUT2D eigenvalue weighted by molar-refractivity contribution is 5.88. The highest BCUT2D eigenvalue weighted by Gasteiger charge is 2.28. The number of carbonyl (C=O) groups is 2. The molecule has 1 aliphatic heterocycles. The van der Waals surface area contributed by atoms with Crippen molar-refractivity contribution in [2.75, 3.05) is 12.4 Å². The lowest BCUT2D eigenvalue weighted by Crippen LogP contribution is -2.39. The van der Waals surface area contributed by atoms with Crippen LogP contribution in [0.15, 0.2) is 42.5 Å². The smallest absolute Gasteiger partial charge is 0.412 e. The average molecular weight is 372 g/mol. The van der Waals surface area contributed by atoms with Crippen LogP contribution in [-0.4, -0.2) is 30.4 Å². The Morgan fingerprint density at radius 3 is 2.81 bits per heavy atom. The van der Waals surface area contributed by atoms with Gasteiger partial charge in [-0.25, -0.2) is 10.3 Å². The Balaban J connectivity index is 1.67. The van der Waals surface area contributed by atoms with Crippen LogP contribution >= 0.6 is 0 Å². The number of amides is 2. The molecular weight excluding hydrogens is 352 g/mol. The van der Waals surface area contributed by atoms with Gasteiger partial charge in [0.25, 0.3) is 5.91 Å². The Bertz CT molecular complexity index is 839. The summed E-state index contributed by atoms with van der Waals surface area (Å²) in [5.74, 6) is 0.393. The maximum atomic E-state index is 12.2. The van der Waals surface area contributed by atoms with Crippen molar-refractivity contribution in [3.63, 3.8) is 0 Å². The van der Waals surface area contributed by atoms with Crippen LogP contribution < -0.4 is 20.3 Å². The number of hydrogen-bond acceptors (Lipinski definition) is 6. The van der Waals surface area contributed by atoms with E-state index in [0.29, 0.717) is 30.0 Å². The number of nitrogens with one attached hydrogen (secondary N) is 2. The molecule has 1 aliphatic rings. The third-order valence-electron chi connectivity index (χ3n) is 4.22. The van der Waals surface area contributed by atoms with Gasteiger partial charge in [0.15, 0.2) is 6.10 Å². The lowest BCUT2D eigenvalue weighted by atomic mass is 10.0. The fraction of sp³-hybridized carbons (Fsp3) is 0.263. The lowest BCUT2D eigenvalue weighted by molar-refractivity contribution is -0.137. The summed E-state index contributed by atoms with van der Waals surface area (Å²) >= 11 is 0. The normalized spacial score (nSPS) is 15.1. The van der Waals surface area contributed by atoms with E-state index in [0.717, 1.165) is 11.1 Å². The van der Waals surface area contributed by atoms with E-state index in [1.54, 1.807) is 36.9 Å². The fourth-order valence-corrected chi connectivity index (χ4v) is 2.88. The summed E-state index contributed by atoms with van der Waals surface area (Å²) in [7, 11) is 1.55. The third-order valence-corrected chi connectivity index (χ3v) is 4.22. The SMILES string of the molecule is COc1ccccc1COC(=O)Nc1cccc2c1O[C@H](C(=O)NO)CC2. The molecule has 2 aromatic carbocycles. The molecule has 0 fully saturated rings. The first-order valence-corrected chi connectivity index (χ1v) is 8.40. The van der Waals surface area contributed by atoms with Gasteiger partial charge in [0, 0.05) is 5.56 Å². The van der Waals surface area contributed by atoms with Crippen molar-refractivity contribution < 1.29 is 29.0 Å². The Morgan fingerprint density at radius 2 is 2.04 bits per heavy atom. The summed E-state index contributed by atoms with van der Waals surface area (Å²) in [6, 6.07) is 12.5. The second kappa shape index (κ2) is 8.41. The Kier molecular flexibility index (Phi) is 5.77. The highest BCUT2D eigenvalue weighted by Crippen LogP contribution is 2.35. The van der Waals surface area contributed by atoms with Crippen molar-refractivity contribution in [2.24, 2.45) is 0 Å². The molecule has 0 saturated heterocycles. The van der Waals surface area contributed by atoms with Crippen LogP contribution in [0.4, 0.5) is 10.5 Å². The number of fused-ring (bicyclic) bond motifs is 1. The number of benzene rings is 2. The largest absolute Gasteiger partial charge is 0.496 e. The summed E-state index contributed by atoms with van der Waals surface area (Å²) in [6.45, 7) is 0.0429. The number of methoxy groups -OCH3 is 1. The molecule has 0 radical (unpaired) electrons. The minimum Gasteiger partial charge on any atom is -0.496 e. The first kappa shape index (κ1) is 18.5. The number of rotatable bonds is 5. The molecule has 2 aromatic rings. The Hall–Kier alpha value is -3.26. The first-order valence-electron chi connectivity index (χ1n) is 8.40. The molecule has 1 heterocycles. The molecular formula is C19H20N2O6. The number of para-hydroxylation sites is 2. The van der Waals surface area contributed by atoms with Crippen LogP contribution in [-0.2, 0) is 22.6 Å². The minimum absolute atomic E-state index is 0.0429. The van der Waals surface area contributed by atoms with E-state index in [9.17, 15) is 9.59 Å². The van der Waals surface area contributed by atoms with Gasteiger partial charge in [-0.1, -0.05) is 30.3 Å². The van der Waals surface area contributed by atoms with Gasteiger partial charge in [0.2, 0.25) is 0 Å². The van der Waals surface area contributed by atoms with E-state index in [2.05, 4.69) is 5.32 Å². The van der Waals surface area contributed by atoms with Gasteiger partial charge in [-0.2, -0.15) is 0 Å². The predicted octanol–water partition coefficient (Wildman–Crippen LogP) is 2.64. The molecule has 0 bridgehead atoms. The topological polar surface area (TPSA) is 106 Å². The maximum Gasteiger partial charge on any atom is 0.412 e. The van der Waals surface area contributed by atoms with Crippen LogP contribution in [0.25, 0.3) is 0 Å². The molecule has 142 valence electrons. The van der Waals surface area contributed by atoms with Gasteiger partial charge in [-0.05, 0) is 30.5 Å². The molecule has 3 N–H and O–H groups in total. The van der Waals surface area contributed by atoms with Gasteiger partial charge in [-0.15, -0.1) is 0 Å². The van der Waals surface area contributed by atoms with Crippen molar-refractivity contribution in [3.8, 4) is 11.5 Å². The Morgan fingerprint density at radius 1 is 1.22 bits per heavy atom. The number of carbonyl (C=O) groups excluding carboxylic acids is 2. The third kappa shape index (κ3) is 4.29. The van der Waals surface area contributed by atoms with Crippen molar-refractivity contribution in [1.82, 2.24) is 5.48 Å². The molecule has 0 unspecified atom stereocenters. The molecule has 0 spiro atoms. The van der Waals surface area contributed by atoms with Gasteiger partial charge in [-0.3, -0.25) is 15.3 Å². The second-order valence-corrected chi connectivity index (χ2v) is 5.93. The summed E-state index contributed by atoms with van der Waals surface area (Å²) in [4.78, 5) is 23.8. The first-order chi connectivity index (χ1) is 13.1. The van der Waals surface area contributed by atoms with Crippen LogP contribution in [0.5, 0.6) is 11.5 Å². The van der Waals surface area contributed by atoms with E-state index in [1.807, 2.05) is 18.2 Å². The number of hydrogen-bond donors (Lipinski definition) is 3. The molecule has 0 aliphatic carbocycles. The number of hydroxylamine groups is 1. The van der Waals surface area contributed by atoms with Gasteiger partial charge in [0.05, 0.1) is 12.8 Å². The predicted molar refractivity (Wildman–Crippen MR) is 95.9 cm³/mol. The zero-order valence-electron chi connectivity index (χ0n) is 14.7. The van der Waals surface area contributed by atoms with Gasteiger partial charge in [0.1, 0.15) is 18.1 Å². The highest BCUT2D eigenvalue weighted by atomic mass is 16.6. The van der Waals surface area contributed by atoms with Crippen LogP contribution in [0, 0.1) is 0 Å². The van der Waals surface area contributed by atoms with Gasteiger partial charge < -0.3 is 14.2 Å². The van der Waals surface area contributed by atoms with E-state index in [4.69, 9.17) is 19.4 Å². The maximum absolute atomic E-state index is 12.2. The standard InChI is InChI=1S/C19H20N2O6/c1-25-15-8-3-2-5-13(15)11-26-19(23)20-14-7-4-6-12-9-10-16(18(22)21-24)27-17(12)14/h2-8,16,24H,9-11H2,1H3,(H,20,23)(H,21,22)/t16-/m0/s1. The molecule has 0 aromatic heterocycles. The van der Waals surface area contributed by atoms with Gasteiger partial charge >= 0.3 is 6.09 Å². The van der Waals surface area contributed by atoms with E-state index in [-0.39, 0.29) is 6.61 Å². The molecule has 3 rings (SSSR count). The van der Waals surface area contributed by atoms with Crippen molar-refractivity contribution in [2.45, 2.75) is 25.6 Å². The number of aryl methyl sites for hydroxylation is 1. The molecule has 2 amide bonds. The van der Waals surface area contributed by atoms with Crippen LogP contribution in [0.2, 0.25) is 0 Å². The van der Waals surface area contributed by atoms with Crippen LogP contribution in [0.3, 0.4) is 0 Å². The zero-order chi connectivity index (χ0) is 19.2. The molecule has 0 saturated carbocycles. The molecule has 8 nitrogen and oxygen atoms in total. The second-order valence-electron chi connectivity index (χ2n) is 5.93. The fourth-order valence-electron chi connectivity index (χ4n) is 2.88. The minimum atomic E-state index is -0.824. The number of ether oxygens (including phenoxy) is 3. The summed E-state index contributed by atoms with van der Waals surface area (Å²) in [5, 5.41) is 11.4. The summed E-state index contributed by atoms with van der Waals surface area (Å²) < 4.78 is 16.1. The average Bonchev–Trinajstić information content (AvgIpc) is 2.71. The molecule has 1 atom stereocenters. The quantitative estimate of drug-likeness (QED) is 0.550. The summed E-state index contributed by atoms with van der Waals surface area (Å²) in [5.41, 5.74) is 3.58. The number of anilines is 1.